The normalized spacial score (nSPS) is 10.8. The second-order valence-electron chi connectivity index (χ2n) is 3.90. The zero-order valence-corrected chi connectivity index (χ0v) is 8.89. The maximum atomic E-state index is 5.99. The Morgan fingerprint density at radius 1 is 0.786 bits per heavy atom. The highest BCUT2D eigenvalue weighted by Crippen LogP contribution is 2.36. The van der Waals surface area contributed by atoms with Crippen molar-refractivity contribution < 1.29 is 0 Å². The highest BCUT2D eigenvalue weighted by atomic mass is 14.6. The zero-order chi connectivity index (χ0) is 10.3. The smallest absolute Gasteiger partial charge is 0.0385 e. The van der Waals surface area contributed by atoms with Crippen LogP contribution in [0.1, 0.15) is 16.7 Å². The Morgan fingerprint density at radius 2 is 1.21 bits per heavy atom. The summed E-state index contributed by atoms with van der Waals surface area (Å²) in [6.07, 6.45) is 0. The molecule has 0 saturated heterocycles. The summed E-state index contributed by atoms with van der Waals surface area (Å²) in [5.41, 5.74) is 13.2. The number of nitrogen functional groups attached to an aromatic ring is 1. The molecule has 72 valence electrons. The number of hydrogen-bond donors (Lipinski definition) is 1. The minimum atomic E-state index is 0.934. The van der Waals surface area contributed by atoms with E-state index in [9.17, 15) is 0 Å². The first kappa shape index (κ1) is 9.07. The molecule has 0 amide bonds. The van der Waals surface area contributed by atoms with Crippen LogP contribution in [-0.2, 0) is 0 Å². The Kier molecular flexibility index (Phi) is 1.95. The lowest BCUT2D eigenvalue weighted by Gasteiger charge is -1.93. The van der Waals surface area contributed by atoms with E-state index in [-0.39, 0.29) is 0 Å². The van der Waals surface area contributed by atoms with Gasteiger partial charge in [-0.1, -0.05) is 29.8 Å². The highest BCUT2D eigenvalue weighted by molar-refractivity contribution is 5.84. The summed E-state index contributed by atoms with van der Waals surface area (Å²) in [4.78, 5) is 0. The Morgan fingerprint density at radius 3 is 1.64 bits per heavy atom. The molecule has 0 unspecified atom stereocenters. The third kappa shape index (κ3) is 1.17. The number of anilines is 1. The van der Waals surface area contributed by atoms with Gasteiger partial charge in [0.1, 0.15) is 0 Å². The molecule has 0 heterocycles. The molecular formula is C13H15N. The summed E-state index contributed by atoms with van der Waals surface area (Å²) in [5.74, 6) is 0. The summed E-state index contributed by atoms with van der Waals surface area (Å²) in [7, 11) is 0. The van der Waals surface area contributed by atoms with E-state index >= 15 is 0 Å². The van der Waals surface area contributed by atoms with Crippen LogP contribution in [0.3, 0.4) is 0 Å². The van der Waals surface area contributed by atoms with Crippen LogP contribution in [0.4, 0.5) is 5.69 Å². The van der Waals surface area contributed by atoms with E-state index in [1.165, 1.54) is 27.8 Å². The van der Waals surface area contributed by atoms with Gasteiger partial charge in [-0.2, -0.15) is 0 Å². The lowest BCUT2D eigenvalue weighted by molar-refractivity contribution is 1.48. The Hall–Kier alpha value is -1.50. The van der Waals surface area contributed by atoms with E-state index in [2.05, 4.69) is 45.0 Å². The molecule has 0 aromatic carbocycles. The van der Waals surface area contributed by atoms with Crippen LogP contribution in [-0.4, -0.2) is 0 Å². The first-order chi connectivity index (χ1) is 6.61. The van der Waals surface area contributed by atoms with Gasteiger partial charge in [-0.15, -0.1) is 0 Å². The van der Waals surface area contributed by atoms with Gasteiger partial charge < -0.3 is 5.73 Å². The minimum Gasteiger partial charge on any atom is -0.398 e. The van der Waals surface area contributed by atoms with Crippen LogP contribution in [0.2, 0.25) is 0 Å². The van der Waals surface area contributed by atoms with Gasteiger partial charge in [0, 0.05) is 5.69 Å². The van der Waals surface area contributed by atoms with E-state index in [0.29, 0.717) is 0 Å². The average molecular weight is 185 g/mol. The van der Waals surface area contributed by atoms with Crippen molar-refractivity contribution in [2.45, 2.75) is 20.8 Å². The molecule has 14 heavy (non-hydrogen) atoms. The van der Waals surface area contributed by atoms with Crippen molar-refractivity contribution in [3.05, 3.63) is 41.0 Å². The van der Waals surface area contributed by atoms with E-state index < -0.39 is 0 Å². The Bertz CT molecular complexity index is 418. The SMILES string of the molecule is Cc1ccc2c(C)c(N)c(C)c-2cc1. The molecule has 0 fully saturated rings. The molecule has 0 aromatic heterocycles. The summed E-state index contributed by atoms with van der Waals surface area (Å²) in [6.45, 7) is 6.27. The third-order valence-corrected chi connectivity index (χ3v) is 2.93. The first-order valence-electron chi connectivity index (χ1n) is 4.86. The van der Waals surface area contributed by atoms with Gasteiger partial charge in [0.2, 0.25) is 0 Å². The summed E-state index contributed by atoms with van der Waals surface area (Å²) in [5, 5.41) is 0. The monoisotopic (exact) mass is 185 g/mol. The van der Waals surface area contributed by atoms with Crippen molar-refractivity contribution in [1.29, 1.82) is 0 Å². The van der Waals surface area contributed by atoms with Gasteiger partial charge >= 0.3 is 0 Å². The molecule has 1 nitrogen and oxygen atoms in total. The third-order valence-electron chi connectivity index (χ3n) is 2.93. The Balaban J connectivity index is 2.84. The number of rotatable bonds is 0. The largest absolute Gasteiger partial charge is 0.398 e. The fourth-order valence-electron chi connectivity index (χ4n) is 1.89. The highest BCUT2D eigenvalue weighted by Gasteiger charge is 2.13. The van der Waals surface area contributed by atoms with Crippen LogP contribution >= 0.6 is 0 Å². The average Bonchev–Trinajstić information content (AvgIpc) is 2.34. The van der Waals surface area contributed by atoms with Crippen molar-refractivity contribution in [2.75, 3.05) is 5.73 Å². The molecule has 2 aliphatic carbocycles. The molecule has 0 bridgehead atoms. The molecule has 0 saturated carbocycles. The molecule has 0 aromatic rings. The van der Waals surface area contributed by atoms with Gasteiger partial charge in [0.25, 0.3) is 0 Å². The fraction of sp³-hybridized carbons (Fsp3) is 0.231. The second-order valence-corrected chi connectivity index (χ2v) is 3.90. The number of nitrogens with two attached hydrogens (primary N) is 1. The molecule has 0 spiro atoms. The van der Waals surface area contributed by atoms with E-state index in [4.69, 9.17) is 5.73 Å². The summed E-state index contributed by atoms with van der Waals surface area (Å²) < 4.78 is 0. The maximum Gasteiger partial charge on any atom is 0.0385 e. The van der Waals surface area contributed by atoms with E-state index in [1.54, 1.807) is 0 Å². The molecule has 2 N–H and O–H groups in total. The van der Waals surface area contributed by atoms with Crippen LogP contribution in [0.5, 0.6) is 0 Å². The molecular weight excluding hydrogens is 170 g/mol. The molecule has 0 atom stereocenters. The van der Waals surface area contributed by atoms with Gasteiger partial charge in [-0.25, -0.2) is 0 Å². The summed E-state index contributed by atoms with van der Waals surface area (Å²) in [6, 6.07) is 8.58. The van der Waals surface area contributed by atoms with Crippen molar-refractivity contribution in [3.8, 4) is 11.1 Å². The van der Waals surface area contributed by atoms with Gasteiger partial charge in [-0.3, -0.25) is 0 Å². The van der Waals surface area contributed by atoms with Crippen LogP contribution < -0.4 is 5.73 Å². The Labute approximate surface area is 84.9 Å². The molecule has 1 heteroatoms. The van der Waals surface area contributed by atoms with Gasteiger partial charge in [-0.05, 0) is 43.0 Å². The van der Waals surface area contributed by atoms with Crippen molar-refractivity contribution >= 4 is 5.69 Å². The number of fused-ring (bicyclic) bond motifs is 1. The minimum absolute atomic E-state index is 0.934. The van der Waals surface area contributed by atoms with Crippen molar-refractivity contribution in [1.82, 2.24) is 0 Å². The molecule has 0 radical (unpaired) electrons. The van der Waals surface area contributed by atoms with Crippen LogP contribution in [0.15, 0.2) is 24.3 Å². The first-order valence-corrected chi connectivity index (χ1v) is 4.86. The molecule has 0 aliphatic heterocycles. The van der Waals surface area contributed by atoms with Crippen LogP contribution in [0, 0.1) is 20.8 Å². The van der Waals surface area contributed by atoms with Crippen molar-refractivity contribution in [2.24, 2.45) is 0 Å². The van der Waals surface area contributed by atoms with E-state index in [0.717, 1.165) is 5.69 Å². The van der Waals surface area contributed by atoms with Crippen molar-refractivity contribution in [3.63, 3.8) is 0 Å². The number of aryl methyl sites for hydroxylation is 1. The predicted molar refractivity (Wildman–Crippen MR) is 61.7 cm³/mol. The quantitative estimate of drug-likeness (QED) is 0.669. The maximum absolute atomic E-state index is 5.99. The van der Waals surface area contributed by atoms with E-state index in [1.807, 2.05) is 0 Å². The standard InChI is InChI=1S/C13H15N/c1-8-4-6-11-9(2)13(14)10(3)12(11)7-5-8/h4-7H,14H2,1-3H3. The van der Waals surface area contributed by atoms with Gasteiger partial charge in [0.15, 0.2) is 0 Å². The number of hydrogen-bond acceptors (Lipinski definition) is 1. The fourth-order valence-corrected chi connectivity index (χ4v) is 1.89. The second kappa shape index (κ2) is 3.02. The van der Waals surface area contributed by atoms with Crippen LogP contribution in [0.25, 0.3) is 11.1 Å². The zero-order valence-electron chi connectivity index (χ0n) is 8.89. The molecule has 2 rings (SSSR count). The molecule has 2 aliphatic rings. The predicted octanol–water partition coefficient (Wildman–Crippen LogP) is 3.30. The lowest BCUT2D eigenvalue weighted by Crippen LogP contribution is -1.85. The summed E-state index contributed by atoms with van der Waals surface area (Å²) >= 11 is 0. The van der Waals surface area contributed by atoms with Gasteiger partial charge in [0.05, 0.1) is 0 Å². The lowest BCUT2D eigenvalue weighted by atomic mass is 10.1. The topological polar surface area (TPSA) is 26.0 Å².